The number of hydrogen-bond acceptors (Lipinski definition) is 7. The van der Waals surface area contributed by atoms with Crippen molar-refractivity contribution in [3.8, 4) is 0 Å². The maximum absolute atomic E-state index is 10.8. The van der Waals surface area contributed by atoms with Crippen LogP contribution in [0.3, 0.4) is 0 Å². The normalized spacial score (nSPS) is 10.6. The molecule has 0 aliphatic heterocycles. The average Bonchev–Trinajstić information content (AvgIpc) is 2.14. The molecule has 0 atom stereocenters. The molecule has 0 radical (unpaired) electrons. The van der Waals surface area contributed by atoms with Gasteiger partial charge in [-0.3, -0.25) is 20.2 Å². The van der Waals surface area contributed by atoms with Crippen LogP contribution in [-0.2, 0) is 10.1 Å². The average molecular weight is 305 g/mol. The van der Waals surface area contributed by atoms with Crippen molar-refractivity contribution in [3.05, 3.63) is 37.4 Å². The quantitative estimate of drug-likeness (QED) is 0.273. The van der Waals surface area contributed by atoms with Crippen LogP contribution in [0.15, 0.2) is 17.0 Å². The van der Waals surface area contributed by atoms with Gasteiger partial charge in [0.25, 0.3) is 5.69 Å². The summed E-state index contributed by atoms with van der Waals surface area (Å²) < 4.78 is 32.4. The minimum absolute atomic E-state index is 0. The van der Waals surface area contributed by atoms with E-state index >= 15 is 0 Å². The number of nitro groups is 2. The van der Waals surface area contributed by atoms with E-state index in [9.17, 15) is 33.2 Å². The standard InChI is InChI=1S/C6H3ClN2O7S.Na/c7-3-1-2-4(8(10)11)6(17(14,15)16)5(3)9(12)13;/h1-2H,(H,14,15,16);/q;+1/p-1. The largest absolute Gasteiger partial charge is 1.00 e. The van der Waals surface area contributed by atoms with E-state index in [1.807, 2.05) is 0 Å². The second-order valence-corrected chi connectivity index (χ2v) is 4.44. The summed E-state index contributed by atoms with van der Waals surface area (Å²) in [7, 11) is -5.39. The zero-order valence-corrected chi connectivity index (χ0v) is 12.3. The van der Waals surface area contributed by atoms with Crippen LogP contribution in [-0.4, -0.2) is 22.8 Å². The molecule has 1 rings (SSSR count). The maximum Gasteiger partial charge on any atom is 1.00 e. The fourth-order valence-electron chi connectivity index (χ4n) is 1.10. The molecule has 0 N–H and O–H groups in total. The van der Waals surface area contributed by atoms with Gasteiger partial charge in [0.1, 0.15) is 15.1 Å². The van der Waals surface area contributed by atoms with Crippen molar-refractivity contribution in [2.75, 3.05) is 0 Å². The predicted molar refractivity (Wildman–Crippen MR) is 52.7 cm³/mol. The minimum Gasteiger partial charge on any atom is -0.744 e. The monoisotopic (exact) mass is 304 g/mol. The Bertz CT molecular complexity index is 617. The zero-order chi connectivity index (χ0) is 13.4. The molecule has 9 nitrogen and oxygen atoms in total. The molecule has 0 spiro atoms. The first-order valence-electron chi connectivity index (χ1n) is 3.73. The van der Waals surface area contributed by atoms with Gasteiger partial charge in [0, 0.05) is 6.07 Å². The summed E-state index contributed by atoms with van der Waals surface area (Å²) in [6.07, 6.45) is 0. The molecule has 0 fully saturated rings. The van der Waals surface area contributed by atoms with Gasteiger partial charge < -0.3 is 4.55 Å². The van der Waals surface area contributed by atoms with Gasteiger partial charge >= 0.3 is 35.2 Å². The summed E-state index contributed by atoms with van der Waals surface area (Å²) in [5.41, 5.74) is -2.48. The first-order valence-corrected chi connectivity index (χ1v) is 5.52. The summed E-state index contributed by atoms with van der Waals surface area (Å²) in [5, 5.41) is 20.4. The molecule has 92 valence electrons. The van der Waals surface area contributed by atoms with E-state index < -0.39 is 41.3 Å². The van der Waals surface area contributed by atoms with Crippen molar-refractivity contribution in [1.29, 1.82) is 0 Å². The van der Waals surface area contributed by atoms with Crippen molar-refractivity contribution >= 4 is 33.1 Å². The molecule has 1 aromatic rings. The van der Waals surface area contributed by atoms with Gasteiger partial charge in [-0.1, -0.05) is 11.6 Å². The molecular formula is C6H2ClN2NaO7S. The number of rotatable bonds is 3. The molecular weight excluding hydrogens is 303 g/mol. The topological polar surface area (TPSA) is 143 Å². The Kier molecular flexibility index (Phi) is 5.65. The van der Waals surface area contributed by atoms with Crippen molar-refractivity contribution in [2.45, 2.75) is 4.90 Å². The molecule has 1 aromatic carbocycles. The van der Waals surface area contributed by atoms with E-state index in [0.29, 0.717) is 6.07 Å². The van der Waals surface area contributed by atoms with E-state index in [2.05, 4.69) is 0 Å². The Hall–Kier alpha value is -0.780. The summed E-state index contributed by atoms with van der Waals surface area (Å²) in [4.78, 5) is 17.0. The van der Waals surface area contributed by atoms with E-state index in [4.69, 9.17) is 11.6 Å². The number of nitro benzene ring substituents is 2. The van der Waals surface area contributed by atoms with Crippen LogP contribution in [0.5, 0.6) is 0 Å². The number of nitrogens with zero attached hydrogens (tertiary/aromatic N) is 2. The van der Waals surface area contributed by atoms with Crippen LogP contribution in [0.4, 0.5) is 11.4 Å². The second-order valence-electron chi connectivity index (χ2n) is 2.71. The molecule has 0 bridgehead atoms. The number of hydrogen-bond donors (Lipinski definition) is 0. The van der Waals surface area contributed by atoms with E-state index in [1.54, 1.807) is 0 Å². The van der Waals surface area contributed by atoms with Crippen LogP contribution >= 0.6 is 11.6 Å². The Morgan fingerprint density at radius 3 is 1.94 bits per heavy atom. The Morgan fingerprint density at radius 2 is 1.61 bits per heavy atom. The smallest absolute Gasteiger partial charge is 0.744 e. The van der Waals surface area contributed by atoms with Gasteiger partial charge in [0.05, 0.1) is 9.85 Å². The Labute approximate surface area is 127 Å². The van der Waals surface area contributed by atoms with E-state index in [-0.39, 0.29) is 29.6 Å². The fourth-order valence-corrected chi connectivity index (χ4v) is 2.20. The third-order valence-corrected chi connectivity index (χ3v) is 2.90. The first kappa shape index (κ1) is 17.2. The fraction of sp³-hybridized carbons (Fsp3) is 0. The Balaban J connectivity index is 0.00000289. The molecule has 0 saturated heterocycles. The van der Waals surface area contributed by atoms with Crippen LogP contribution in [0, 0.1) is 20.2 Å². The minimum atomic E-state index is -5.39. The third kappa shape index (κ3) is 3.37. The van der Waals surface area contributed by atoms with Crippen molar-refractivity contribution in [3.63, 3.8) is 0 Å². The molecule has 0 saturated carbocycles. The summed E-state index contributed by atoms with van der Waals surface area (Å²) in [6, 6.07) is 1.38. The van der Waals surface area contributed by atoms with Crippen LogP contribution in [0.25, 0.3) is 0 Å². The molecule has 0 aromatic heterocycles. The SMILES string of the molecule is O=[N+]([O-])c1ccc(Cl)c([N+](=O)[O-])c1S(=O)(=O)[O-].[Na+]. The van der Waals surface area contributed by atoms with Crippen LogP contribution < -0.4 is 29.6 Å². The van der Waals surface area contributed by atoms with Crippen molar-refractivity contribution < 1.29 is 52.4 Å². The van der Waals surface area contributed by atoms with Gasteiger partial charge in [-0.15, -0.1) is 0 Å². The molecule has 0 heterocycles. The van der Waals surface area contributed by atoms with Gasteiger partial charge in [-0.2, -0.15) is 0 Å². The van der Waals surface area contributed by atoms with Crippen LogP contribution in [0.2, 0.25) is 5.02 Å². The predicted octanol–water partition coefficient (Wildman–Crippen LogP) is -1.94. The molecule has 0 amide bonds. The molecule has 18 heavy (non-hydrogen) atoms. The van der Waals surface area contributed by atoms with Gasteiger partial charge in [0.2, 0.25) is 4.90 Å². The second kappa shape index (κ2) is 5.91. The van der Waals surface area contributed by atoms with E-state index in [0.717, 1.165) is 6.07 Å². The van der Waals surface area contributed by atoms with Crippen molar-refractivity contribution in [2.24, 2.45) is 0 Å². The van der Waals surface area contributed by atoms with Crippen LogP contribution in [0.1, 0.15) is 0 Å². The maximum atomic E-state index is 10.8. The zero-order valence-electron chi connectivity index (χ0n) is 8.69. The first-order chi connectivity index (χ1) is 7.66. The molecule has 12 heteroatoms. The van der Waals surface area contributed by atoms with Gasteiger partial charge in [-0.05, 0) is 6.07 Å². The third-order valence-electron chi connectivity index (χ3n) is 1.69. The molecule has 0 aliphatic carbocycles. The summed E-state index contributed by atoms with van der Waals surface area (Å²) in [6.45, 7) is 0. The number of benzene rings is 1. The van der Waals surface area contributed by atoms with Crippen molar-refractivity contribution in [1.82, 2.24) is 0 Å². The molecule has 0 aliphatic rings. The van der Waals surface area contributed by atoms with E-state index in [1.165, 1.54) is 0 Å². The van der Waals surface area contributed by atoms with Gasteiger partial charge in [-0.25, -0.2) is 8.42 Å². The molecule has 0 unspecified atom stereocenters. The summed E-state index contributed by atoms with van der Waals surface area (Å²) in [5.74, 6) is 0. The number of halogens is 1. The summed E-state index contributed by atoms with van der Waals surface area (Å²) >= 11 is 5.34. The Morgan fingerprint density at radius 1 is 1.11 bits per heavy atom. The van der Waals surface area contributed by atoms with Gasteiger partial charge in [0.15, 0.2) is 0 Å².